The first-order chi connectivity index (χ1) is 16.2. The number of rotatable bonds is 11. The molecule has 0 saturated carbocycles. The summed E-state index contributed by atoms with van der Waals surface area (Å²) in [4.78, 5) is 21.1. The Morgan fingerprint density at radius 3 is 2.56 bits per heavy atom. The zero-order chi connectivity index (χ0) is 24.7. The number of Topliss-reactive ketones (excluding diaryl/α,β-unsaturated/α-hetero) is 1. The third-order valence-electron chi connectivity index (χ3n) is 5.05. The van der Waals surface area contributed by atoms with Gasteiger partial charge in [0.25, 0.3) is 0 Å². The fraction of sp³-hybridized carbons (Fsp3) is 0.320. The third kappa shape index (κ3) is 6.82. The SMILES string of the molecule is COCC(=O)C(C)(C)Oc1cccc(-c2cc(NCCc3ccc(Cl)cc3Cl)nc(OC)n2)c1. The van der Waals surface area contributed by atoms with Gasteiger partial charge >= 0.3 is 6.01 Å². The molecule has 3 rings (SSSR count). The molecule has 1 aromatic heterocycles. The number of benzene rings is 2. The summed E-state index contributed by atoms with van der Waals surface area (Å²) < 4.78 is 16.2. The number of aromatic nitrogens is 2. The molecule has 0 unspecified atom stereocenters. The molecule has 0 aliphatic heterocycles. The molecular formula is C25H27Cl2N3O4. The maximum atomic E-state index is 12.3. The molecule has 0 bridgehead atoms. The molecule has 34 heavy (non-hydrogen) atoms. The van der Waals surface area contributed by atoms with E-state index >= 15 is 0 Å². The lowest BCUT2D eigenvalue weighted by Crippen LogP contribution is -2.40. The van der Waals surface area contributed by atoms with Gasteiger partial charge in [0, 0.05) is 35.3 Å². The van der Waals surface area contributed by atoms with Gasteiger partial charge < -0.3 is 19.5 Å². The number of ketones is 1. The minimum Gasteiger partial charge on any atom is -0.480 e. The van der Waals surface area contributed by atoms with Gasteiger partial charge in [0.15, 0.2) is 5.60 Å². The van der Waals surface area contributed by atoms with E-state index in [1.54, 1.807) is 26.0 Å². The maximum Gasteiger partial charge on any atom is 0.318 e. The summed E-state index contributed by atoms with van der Waals surface area (Å²) in [5, 5.41) is 4.51. The lowest BCUT2D eigenvalue weighted by atomic mass is 10.0. The highest BCUT2D eigenvalue weighted by atomic mass is 35.5. The van der Waals surface area contributed by atoms with Gasteiger partial charge in [0.1, 0.15) is 18.2 Å². The van der Waals surface area contributed by atoms with Gasteiger partial charge in [-0.2, -0.15) is 9.97 Å². The molecule has 2 aromatic carbocycles. The Morgan fingerprint density at radius 2 is 1.85 bits per heavy atom. The molecule has 9 heteroatoms. The number of ether oxygens (including phenoxy) is 3. The quantitative estimate of drug-likeness (QED) is 0.370. The molecule has 1 N–H and O–H groups in total. The average Bonchev–Trinajstić information content (AvgIpc) is 2.80. The van der Waals surface area contributed by atoms with Gasteiger partial charge in [-0.15, -0.1) is 0 Å². The highest BCUT2D eigenvalue weighted by Crippen LogP contribution is 2.28. The van der Waals surface area contributed by atoms with Crippen LogP contribution >= 0.6 is 23.2 Å². The van der Waals surface area contributed by atoms with Crippen LogP contribution in [0.15, 0.2) is 48.5 Å². The van der Waals surface area contributed by atoms with Crippen LogP contribution in [0.5, 0.6) is 11.8 Å². The van der Waals surface area contributed by atoms with Crippen molar-refractivity contribution < 1.29 is 19.0 Å². The van der Waals surface area contributed by atoms with Crippen molar-refractivity contribution in [2.24, 2.45) is 0 Å². The zero-order valence-corrected chi connectivity index (χ0v) is 21.0. The predicted octanol–water partition coefficient (Wildman–Crippen LogP) is 5.49. The van der Waals surface area contributed by atoms with Crippen molar-refractivity contribution in [3.8, 4) is 23.0 Å². The van der Waals surface area contributed by atoms with Gasteiger partial charge in [-0.25, -0.2) is 0 Å². The summed E-state index contributed by atoms with van der Waals surface area (Å²) in [5.41, 5.74) is 1.38. The second-order valence-corrected chi connectivity index (χ2v) is 8.88. The predicted molar refractivity (Wildman–Crippen MR) is 134 cm³/mol. The van der Waals surface area contributed by atoms with E-state index in [-0.39, 0.29) is 18.4 Å². The number of nitrogens with zero attached hydrogens (tertiary/aromatic N) is 2. The first-order valence-corrected chi connectivity index (χ1v) is 11.4. The summed E-state index contributed by atoms with van der Waals surface area (Å²) in [6, 6.07) is 14.8. The summed E-state index contributed by atoms with van der Waals surface area (Å²) in [6.45, 7) is 4.00. The van der Waals surface area contributed by atoms with E-state index in [4.69, 9.17) is 37.4 Å². The number of anilines is 1. The topological polar surface area (TPSA) is 82.6 Å². The van der Waals surface area contributed by atoms with Crippen LogP contribution in [0.2, 0.25) is 10.0 Å². The van der Waals surface area contributed by atoms with Crippen LogP contribution in [0, 0.1) is 0 Å². The Balaban J connectivity index is 1.77. The Hall–Kier alpha value is -2.87. The summed E-state index contributed by atoms with van der Waals surface area (Å²) >= 11 is 12.2. The van der Waals surface area contributed by atoms with Crippen LogP contribution in [0.1, 0.15) is 19.4 Å². The second kappa shape index (κ2) is 11.5. The van der Waals surface area contributed by atoms with Crippen molar-refractivity contribution in [2.45, 2.75) is 25.9 Å². The average molecular weight is 504 g/mol. The van der Waals surface area contributed by atoms with E-state index in [1.807, 2.05) is 36.4 Å². The van der Waals surface area contributed by atoms with Crippen molar-refractivity contribution in [3.05, 3.63) is 64.1 Å². The van der Waals surface area contributed by atoms with Crippen molar-refractivity contribution >= 4 is 34.8 Å². The van der Waals surface area contributed by atoms with E-state index in [1.165, 1.54) is 14.2 Å². The van der Waals surface area contributed by atoms with E-state index in [9.17, 15) is 4.79 Å². The molecule has 0 atom stereocenters. The molecule has 0 fully saturated rings. The second-order valence-electron chi connectivity index (χ2n) is 8.03. The number of hydrogen-bond donors (Lipinski definition) is 1. The van der Waals surface area contributed by atoms with E-state index in [0.717, 1.165) is 11.1 Å². The monoisotopic (exact) mass is 503 g/mol. The molecule has 0 aliphatic carbocycles. The van der Waals surface area contributed by atoms with E-state index in [2.05, 4.69) is 15.3 Å². The van der Waals surface area contributed by atoms with Crippen LogP contribution in [0.4, 0.5) is 5.82 Å². The molecule has 3 aromatic rings. The Morgan fingerprint density at radius 1 is 1.06 bits per heavy atom. The fourth-order valence-electron chi connectivity index (χ4n) is 3.18. The smallest absolute Gasteiger partial charge is 0.318 e. The van der Waals surface area contributed by atoms with Crippen LogP contribution in [-0.4, -0.2) is 48.7 Å². The summed E-state index contributed by atoms with van der Waals surface area (Å²) in [7, 11) is 2.99. The highest BCUT2D eigenvalue weighted by Gasteiger charge is 2.29. The van der Waals surface area contributed by atoms with Gasteiger partial charge in [-0.1, -0.05) is 41.4 Å². The van der Waals surface area contributed by atoms with Gasteiger partial charge in [0.05, 0.1) is 12.8 Å². The largest absolute Gasteiger partial charge is 0.480 e. The molecule has 0 aliphatic rings. The molecule has 0 radical (unpaired) electrons. The van der Waals surface area contributed by atoms with Gasteiger partial charge in [0.2, 0.25) is 5.78 Å². The minimum atomic E-state index is -1.03. The highest BCUT2D eigenvalue weighted by molar-refractivity contribution is 6.35. The Bertz CT molecular complexity index is 1150. The first kappa shape index (κ1) is 25.7. The van der Waals surface area contributed by atoms with Crippen LogP contribution in [0.25, 0.3) is 11.3 Å². The number of nitrogens with one attached hydrogen (secondary N) is 1. The fourth-order valence-corrected chi connectivity index (χ4v) is 3.68. The standard InChI is InChI=1S/C25H27Cl2N3O4/c1-25(2,22(31)15-32-3)34-19-7-5-6-17(12-19)21-14-23(30-24(29-21)33-4)28-11-10-16-8-9-18(26)13-20(16)27/h5-9,12-14H,10-11,15H2,1-4H3,(H,28,29,30). The number of methoxy groups -OCH3 is 2. The molecule has 7 nitrogen and oxygen atoms in total. The Kier molecular flexibility index (Phi) is 8.72. The minimum absolute atomic E-state index is 0.0218. The molecule has 0 spiro atoms. The number of halogens is 2. The maximum absolute atomic E-state index is 12.3. The normalized spacial score (nSPS) is 11.2. The third-order valence-corrected chi connectivity index (χ3v) is 5.64. The Labute approximate surface area is 209 Å². The van der Waals surface area contributed by atoms with Crippen molar-refractivity contribution in [1.29, 1.82) is 0 Å². The van der Waals surface area contributed by atoms with Gasteiger partial charge in [-0.3, -0.25) is 4.79 Å². The van der Waals surface area contributed by atoms with Crippen LogP contribution in [-0.2, 0) is 16.0 Å². The molecule has 0 amide bonds. The van der Waals surface area contributed by atoms with Gasteiger partial charge in [-0.05, 0) is 50.1 Å². The molecule has 180 valence electrons. The summed E-state index contributed by atoms with van der Waals surface area (Å²) in [5.74, 6) is 0.988. The lowest BCUT2D eigenvalue weighted by molar-refractivity contribution is -0.135. The number of hydrogen-bond acceptors (Lipinski definition) is 7. The molecular weight excluding hydrogens is 477 g/mol. The zero-order valence-electron chi connectivity index (χ0n) is 19.5. The van der Waals surface area contributed by atoms with Crippen molar-refractivity contribution in [1.82, 2.24) is 9.97 Å². The molecule has 0 saturated heterocycles. The number of carbonyl (C=O) groups excluding carboxylic acids is 1. The molecule has 1 heterocycles. The first-order valence-electron chi connectivity index (χ1n) is 10.6. The summed E-state index contributed by atoms with van der Waals surface area (Å²) in [6.07, 6.45) is 0.686. The van der Waals surface area contributed by atoms with E-state index < -0.39 is 5.60 Å². The van der Waals surface area contributed by atoms with Crippen molar-refractivity contribution in [2.75, 3.05) is 32.7 Å². The lowest BCUT2D eigenvalue weighted by Gasteiger charge is -2.25. The number of carbonyl (C=O) groups is 1. The van der Waals surface area contributed by atoms with Crippen LogP contribution < -0.4 is 14.8 Å². The van der Waals surface area contributed by atoms with E-state index in [0.29, 0.717) is 40.3 Å². The van der Waals surface area contributed by atoms with Crippen molar-refractivity contribution in [3.63, 3.8) is 0 Å². The van der Waals surface area contributed by atoms with Crippen LogP contribution in [0.3, 0.4) is 0 Å².